The van der Waals surface area contributed by atoms with Crippen LogP contribution in [0.1, 0.15) is 1.43 Å². The minimum Gasteiger partial charge on any atom is -1.00 e. The summed E-state index contributed by atoms with van der Waals surface area (Å²) in [5.74, 6) is 0. The van der Waals surface area contributed by atoms with Gasteiger partial charge < -0.3 is 15.8 Å². The Labute approximate surface area is 55.0 Å². The van der Waals surface area contributed by atoms with Gasteiger partial charge in [-0.1, -0.05) is 0 Å². The fraction of sp³-hybridized carbons (Fsp3) is 0. The second-order valence-corrected chi connectivity index (χ2v) is 1.04. The summed E-state index contributed by atoms with van der Waals surface area (Å²) in [6, 6.07) is 0. The van der Waals surface area contributed by atoms with Crippen molar-refractivity contribution in [1.29, 1.82) is 0 Å². The molecule has 0 aliphatic heterocycles. The van der Waals surface area contributed by atoms with Crippen LogP contribution in [-0.4, -0.2) is 23.9 Å². The average molecular weight is 104 g/mol. The van der Waals surface area contributed by atoms with Crippen LogP contribution < -0.4 is 29.6 Å². The van der Waals surface area contributed by atoms with Gasteiger partial charge in [-0.05, 0) is 0 Å². The third-order valence-corrected chi connectivity index (χ3v) is 0. The predicted molar refractivity (Wildman–Crippen MR) is 14.9 cm³/mol. The zero-order valence-electron chi connectivity index (χ0n) is 3.92. The van der Waals surface area contributed by atoms with Gasteiger partial charge in [0, 0.05) is 0 Å². The molecule has 3 nitrogen and oxygen atoms in total. The Kier molecular flexibility index (Phi) is 9.62. The number of hydrogen-bond donors (Lipinski definition) is 3. The molecule has 3 N–H and O–H groups in total. The topological polar surface area (TPSA) is 60.7 Å². The van der Waals surface area contributed by atoms with Crippen molar-refractivity contribution in [2.24, 2.45) is 0 Å². The predicted octanol–water partition coefficient (Wildman–Crippen LogP) is -5.20. The van der Waals surface area contributed by atoms with E-state index in [1.54, 1.807) is 0 Å². The van der Waals surface area contributed by atoms with Gasteiger partial charge in [-0.3, -0.25) is 0 Å². The molecule has 0 aromatic heterocycles. The maximum atomic E-state index is 7.31. The molecule has 0 aromatic carbocycles. The normalized spacial score (nSPS) is 7.20. The number of hydrogen-bond acceptors (Lipinski definition) is 3. The summed E-state index contributed by atoms with van der Waals surface area (Å²) in [7, 11) is -3.14. The van der Waals surface area contributed by atoms with Gasteiger partial charge in [-0.25, -0.2) is 0 Å². The molecule has 0 heterocycles. The van der Waals surface area contributed by atoms with Crippen LogP contribution in [0.5, 0.6) is 0 Å². The van der Waals surface area contributed by atoms with Crippen LogP contribution in [-0.2, 0) is 0 Å². The Hall–Kier alpha value is 1.10. The van der Waals surface area contributed by atoms with Crippen molar-refractivity contribution in [3.63, 3.8) is 0 Å². The van der Waals surface area contributed by atoms with Gasteiger partial charge in [0.15, 0.2) is 0 Å². The SMILES string of the molecule is O[SiH](O)O.[H-].[Na+]. The molecule has 0 fully saturated rings. The van der Waals surface area contributed by atoms with Gasteiger partial charge in [0.05, 0.1) is 0 Å². The van der Waals surface area contributed by atoms with Crippen LogP contribution in [0.15, 0.2) is 0 Å². The molecule has 0 unspecified atom stereocenters. The zero-order chi connectivity index (χ0) is 3.58. The second-order valence-electron chi connectivity index (χ2n) is 0.346. The molecule has 0 aliphatic rings. The molecule has 0 saturated carbocycles. The minimum absolute atomic E-state index is 0. The first kappa shape index (κ1) is 9.44. The Morgan fingerprint density at radius 1 is 1.20 bits per heavy atom. The summed E-state index contributed by atoms with van der Waals surface area (Å²) >= 11 is 0. The monoisotopic (exact) mass is 104 g/mol. The van der Waals surface area contributed by atoms with Crippen molar-refractivity contribution in [3.05, 3.63) is 0 Å². The molecule has 5 heteroatoms. The Morgan fingerprint density at radius 3 is 1.20 bits per heavy atom. The van der Waals surface area contributed by atoms with E-state index in [0.29, 0.717) is 0 Å². The Balaban J connectivity index is -0.0000000450. The maximum absolute atomic E-state index is 7.31. The minimum atomic E-state index is -3.14. The second kappa shape index (κ2) is 5.10. The van der Waals surface area contributed by atoms with E-state index in [4.69, 9.17) is 14.4 Å². The molecule has 0 atom stereocenters. The van der Waals surface area contributed by atoms with Crippen molar-refractivity contribution in [2.45, 2.75) is 0 Å². The standard InChI is InChI=1S/Na.H4O3Si.H/c;1-4(2)3;/h;1-4H;/q+1;;-1. The summed E-state index contributed by atoms with van der Waals surface area (Å²) in [6.45, 7) is 0. The van der Waals surface area contributed by atoms with Crippen molar-refractivity contribution < 1.29 is 45.4 Å². The van der Waals surface area contributed by atoms with E-state index >= 15 is 0 Å². The molecule has 0 rings (SSSR count). The van der Waals surface area contributed by atoms with Crippen molar-refractivity contribution >= 4 is 9.53 Å². The van der Waals surface area contributed by atoms with E-state index in [0.717, 1.165) is 0 Å². The van der Waals surface area contributed by atoms with Crippen molar-refractivity contribution in [3.8, 4) is 0 Å². The molecular formula is H5NaO3Si. The van der Waals surface area contributed by atoms with E-state index < -0.39 is 9.53 Å². The third-order valence-electron chi connectivity index (χ3n) is 0. The van der Waals surface area contributed by atoms with Crippen molar-refractivity contribution in [1.82, 2.24) is 0 Å². The van der Waals surface area contributed by atoms with Gasteiger partial charge in [0.25, 0.3) is 0 Å². The fourth-order valence-corrected chi connectivity index (χ4v) is 0. The van der Waals surface area contributed by atoms with Gasteiger partial charge in [-0.15, -0.1) is 0 Å². The quantitative estimate of drug-likeness (QED) is 0.269. The Bertz CT molecular complexity index is 15.5. The molecule has 0 aliphatic carbocycles. The van der Waals surface area contributed by atoms with Gasteiger partial charge >= 0.3 is 39.1 Å². The average Bonchev–Trinajstić information content (AvgIpc) is 0.811. The molecular weight excluding hydrogens is 99.1 g/mol. The van der Waals surface area contributed by atoms with Crippen LogP contribution >= 0.6 is 0 Å². The maximum Gasteiger partial charge on any atom is 1.00 e. The summed E-state index contributed by atoms with van der Waals surface area (Å²) in [5.41, 5.74) is 0. The van der Waals surface area contributed by atoms with Gasteiger partial charge in [0.2, 0.25) is 0 Å². The van der Waals surface area contributed by atoms with E-state index in [1.807, 2.05) is 0 Å². The largest absolute Gasteiger partial charge is 1.00 e. The Morgan fingerprint density at radius 2 is 1.20 bits per heavy atom. The van der Waals surface area contributed by atoms with Crippen LogP contribution in [0.4, 0.5) is 0 Å². The van der Waals surface area contributed by atoms with E-state index in [9.17, 15) is 0 Å². The first-order valence-corrected chi connectivity index (χ1v) is 2.32. The number of rotatable bonds is 0. The van der Waals surface area contributed by atoms with Crippen LogP contribution in [0.25, 0.3) is 0 Å². The summed E-state index contributed by atoms with van der Waals surface area (Å²) < 4.78 is 0. The van der Waals surface area contributed by atoms with Crippen LogP contribution in [0.2, 0.25) is 0 Å². The molecule has 0 aromatic rings. The van der Waals surface area contributed by atoms with E-state index in [1.165, 1.54) is 0 Å². The third kappa shape index (κ3) is 40.6. The molecule has 28 valence electrons. The van der Waals surface area contributed by atoms with Crippen LogP contribution in [0.3, 0.4) is 0 Å². The molecule has 0 spiro atoms. The molecule has 0 bridgehead atoms. The smallest absolute Gasteiger partial charge is 1.00 e. The summed E-state index contributed by atoms with van der Waals surface area (Å²) in [4.78, 5) is 21.9. The molecule has 0 radical (unpaired) electrons. The fourth-order valence-electron chi connectivity index (χ4n) is 0. The summed E-state index contributed by atoms with van der Waals surface area (Å²) in [5, 5.41) is 0. The van der Waals surface area contributed by atoms with E-state index in [2.05, 4.69) is 0 Å². The summed E-state index contributed by atoms with van der Waals surface area (Å²) in [6.07, 6.45) is 0. The molecule has 0 amide bonds. The van der Waals surface area contributed by atoms with Gasteiger partial charge in [0.1, 0.15) is 0 Å². The first-order chi connectivity index (χ1) is 1.73. The van der Waals surface area contributed by atoms with Crippen molar-refractivity contribution in [2.75, 3.05) is 0 Å². The molecule has 0 saturated heterocycles. The van der Waals surface area contributed by atoms with Crippen LogP contribution in [0, 0.1) is 0 Å². The first-order valence-electron chi connectivity index (χ1n) is 0.775. The zero-order valence-corrected chi connectivity index (χ0v) is 6.07. The molecule has 5 heavy (non-hydrogen) atoms. The van der Waals surface area contributed by atoms with E-state index in [-0.39, 0.29) is 31.0 Å². The van der Waals surface area contributed by atoms with Gasteiger partial charge in [-0.2, -0.15) is 0 Å².